The van der Waals surface area contributed by atoms with Gasteiger partial charge in [-0.25, -0.2) is 19.7 Å². The summed E-state index contributed by atoms with van der Waals surface area (Å²) in [4.78, 5) is 71.9. The minimum atomic E-state index is -1.20. The van der Waals surface area contributed by atoms with E-state index in [0.29, 0.717) is 36.5 Å². The highest BCUT2D eigenvalue weighted by Crippen LogP contribution is 2.07. The van der Waals surface area contributed by atoms with Gasteiger partial charge in [0.05, 0.1) is 42.1 Å². The molecule has 0 aromatic carbocycles. The number of rotatable bonds is 17. The normalized spacial score (nSPS) is 14.1. The Morgan fingerprint density at radius 1 is 0.725 bits per heavy atom. The largest absolute Gasteiger partial charge is 0.480 e. The van der Waals surface area contributed by atoms with Crippen molar-refractivity contribution in [2.45, 2.75) is 62.7 Å². The summed E-state index contributed by atoms with van der Waals surface area (Å²) in [6.07, 6.45) is 10.4. The first-order chi connectivity index (χ1) is 19.3. The van der Waals surface area contributed by atoms with Crippen molar-refractivity contribution >= 4 is 23.7 Å². The molecule has 0 unspecified atom stereocenters. The Morgan fingerprint density at radius 3 is 1.60 bits per heavy atom. The standard InChI is InChI=1S/C24H35N11O5/c25-4-2-1-3-18(24(39)40)33-22(37)20(7-16-10-29-13-32-16)35-23(38)19(6-15-9-28-12-31-15)34-21(36)17(26)5-14-8-27-11-30-14/h8-13,17-20H,1-7,25-26H2,(H,27,30)(H,28,31)(H,29,32)(H,33,37)(H,34,36)(H,35,38)(H,39,40)/t17-,18-,19-,20-/m0/s1. The van der Waals surface area contributed by atoms with Crippen LogP contribution < -0.4 is 27.4 Å². The number of carbonyl (C=O) groups is 4. The summed E-state index contributed by atoms with van der Waals surface area (Å²) in [7, 11) is 0. The minimum absolute atomic E-state index is 0.00375. The molecule has 216 valence electrons. The van der Waals surface area contributed by atoms with Gasteiger partial charge in [0.2, 0.25) is 17.7 Å². The molecule has 0 fully saturated rings. The number of hydrogen-bond donors (Lipinski definition) is 9. The van der Waals surface area contributed by atoms with E-state index < -0.39 is 47.9 Å². The quantitative estimate of drug-likeness (QED) is 0.0814. The molecule has 0 radical (unpaired) electrons. The lowest BCUT2D eigenvalue weighted by molar-refractivity contribution is -0.142. The molecule has 0 saturated carbocycles. The number of nitrogens with two attached hydrogens (primary N) is 2. The van der Waals surface area contributed by atoms with Crippen LogP contribution in [0.3, 0.4) is 0 Å². The Hall–Kier alpha value is -4.57. The van der Waals surface area contributed by atoms with E-state index in [0.717, 1.165) is 0 Å². The Morgan fingerprint density at radius 2 is 1.18 bits per heavy atom. The maximum Gasteiger partial charge on any atom is 0.326 e. The molecule has 11 N–H and O–H groups in total. The van der Waals surface area contributed by atoms with Gasteiger partial charge in [0.1, 0.15) is 18.1 Å². The third kappa shape index (κ3) is 9.32. The number of carboxylic acid groups (broad SMARTS) is 1. The molecule has 0 bridgehead atoms. The predicted molar refractivity (Wildman–Crippen MR) is 141 cm³/mol. The van der Waals surface area contributed by atoms with Crippen molar-refractivity contribution in [2.75, 3.05) is 6.54 Å². The van der Waals surface area contributed by atoms with Crippen LogP contribution in [0.15, 0.2) is 37.6 Å². The van der Waals surface area contributed by atoms with Crippen LogP contribution in [-0.2, 0) is 38.4 Å². The van der Waals surface area contributed by atoms with Gasteiger partial charge in [-0.15, -0.1) is 0 Å². The number of aromatic amines is 3. The Labute approximate surface area is 229 Å². The monoisotopic (exact) mass is 557 g/mol. The van der Waals surface area contributed by atoms with Crippen LogP contribution in [0.2, 0.25) is 0 Å². The van der Waals surface area contributed by atoms with Crippen molar-refractivity contribution in [1.29, 1.82) is 0 Å². The summed E-state index contributed by atoms with van der Waals surface area (Å²) < 4.78 is 0. The Kier molecular flexibility index (Phi) is 11.3. The van der Waals surface area contributed by atoms with E-state index in [1.807, 2.05) is 0 Å². The van der Waals surface area contributed by atoms with Crippen molar-refractivity contribution in [3.63, 3.8) is 0 Å². The first kappa shape index (κ1) is 30.0. The number of nitrogens with zero attached hydrogens (tertiary/aromatic N) is 3. The molecule has 16 heteroatoms. The zero-order valence-electron chi connectivity index (χ0n) is 21.8. The number of nitrogens with one attached hydrogen (secondary N) is 6. The number of aliphatic carboxylic acids is 1. The Bertz CT molecular complexity index is 1200. The zero-order valence-corrected chi connectivity index (χ0v) is 21.8. The second-order valence-corrected chi connectivity index (χ2v) is 9.21. The minimum Gasteiger partial charge on any atom is -0.480 e. The molecule has 40 heavy (non-hydrogen) atoms. The molecule has 3 heterocycles. The first-order valence-electron chi connectivity index (χ1n) is 12.8. The van der Waals surface area contributed by atoms with E-state index in [-0.39, 0.29) is 25.7 Å². The van der Waals surface area contributed by atoms with Gasteiger partial charge in [0, 0.05) is 37.9 Å². The second kappa shape index (κ2) is 15.1. The van der Waals surface area contributed by atoms with Crippen molar-refractivity contribution in [3.8, 4) is 0 Å². The number of hydrogen-bond acceptors (Lipinski definition) is 9. The first-order valence-corrected chi connectivity index (χ1v) is 12.8. The van der Waals surface area contributed by atoms with E-state index >= 15 is 0 Å². The number of carbonyl (C=O) groups excluding carboxylic acids is 3. The maximum atomic E-state index is 13.5. The van der Waals surface area contributed by atoms with Crippen LogP contribution in [0.1, 0.15) is 36.3 Å². The summed E-state index contributed by atoms with van der Waals surface area (Å²) in [5.74, 6) is -3.20. The number of aromatic nitrogens is 6. The molecular formula is C24H35N11O5. The van der Waals surface area contributed by atoms with Crippen molar-refractivity contribution in [3.05, 3.63) is 54.7 Å². The molecule has 0 aliphatic rings. The van der Waals surface area contributed by atoms with Crippen LogP contribution in [0.4, 0.5) is 0 Å². The Balaban J connectivity index is 1.75. The number of carboxylic acids is 1. The fraction of sp³-hybridized carbons (Fsp3) is 0.458. The molecule has 3 aromatic rings. The van der Waals surface area contributed by atoms with Gasteiger partial charge in [-0.1, -0.05) is 0 Å². The van der Waals surface area contributed by atoms with Gasteiger partial charge < -0.3 is 47.5 Å². The fourth-order valence-corrected chi connectivity index (χ4v) is 3.94. The lowest BCUT2D eigenvalue weighted by atomic mass is 10.1. The molecule has 4 atom stereocenters. The molecular weight excluding hydrogens is 522 g/mol. The zero-order chi connectivity index (χ0) is 28.9. The van der Waals surface area contributed by atoms with E-state index in [1.54, 1.807) is 18.6 Å². The van der Waals surface area contributed by atoms with Crippen LogP contribution in [0.25, 0.3) is 0 Å². The number of H-pyrrole nitrogens is 3. The smallest absolute Gasteiger partial charge is 0.326 e. The van der Waals surface area contributed by atoms with Gasteiger partial charge in [0.15, 0.2) is 0 Å². The lowest BCUT2D eigenvalue weighted by Gasteiger charge is -2.24. The second-order valence-electron chi connectivity index (χ2n) is 9.21. The number of unbranched alkanes of at least 4 members (excludes halogenated alkanes) is 1. The third-order valence-electron chi connectivity index (χ3n) is 6.08. The molecule has 0 aliphatic heterocycles. The van der Waals surface area contributed by atoms with E-state index in [2.05, 4.69) is 45.9 Å². The molecule has 16 nitrogen and oxygen atoms in total. The van der Waals surface area contributed by atoms with Gasteiger partial charge >= 0.3 is 5.97 Å². The van der Waals surface area contributed by atoms with Gasteiger partial charge in [-0.3, -0.25) is 14.4 Å². The molecule has 0 saturated heterocycles. The average molecular weight is 558 g/mol. The summed E-state index contributed by atoms with van der Waals surface area (Å²) in [6, 6.07) is -4.50. The van der Waals surface area contributed by atoms with E-state index in [9.17, 15) is 24.3 Å². The fourth-order valence-electron chi connectivity index (χ4n) is 3.94. The van der Waals surface area contributed by atoms with Crippen molar-refractivity contribution in [2.24, 2.45) is 11.5 Å². The van der Waals surface area contributed by atoms with Crippen molar-refractivity contribution < 1.29 is 24.3 Å². The van der Waals surface area contributed by atoms with Crippen LogP contribution in [0, 0.1) is 0 Å². The van der Waals surface area contributed by atoms with Crippen molar-refractivity contribution in [1.82, 2.24) is 45.9 Å². The molecule has 0 spiro atoms. The number of imidazole rings is 3. The highest BCUT2D eigenvalue weighted by molar-refractivity contribution is 5.94. The summed E-state index contributed by atoms with van der Waals surface area (Å²) >= 11 is 0. The third-order valence-corrected chi connectivity index (χ3v) is 6.08. The molecule has 0 aliphatic carbocycles. The average Bonchev–Trinajstić information content (AvgIpc) is 3.72. The molecule has 3 rings (SSSR count). The summed E-state index contributed by atoms with van der Waals surface area (Å²) in [5.41, 5.74) is 13.1. The topological polar surface area (TPSA) is 263 Å². The highest BCUT2D eigenvalue weighted by atomic mass is 16.4. The SMILES string of the molecule is NCCCC[C@H](NC(=O)[C@H](Cc1c[nH]cn1)NC(=O)[C@H](Cc1c[nH]cn1)NC(=O)[C@@H](N)Cc1c[nH]cn1)C(=O)O. The summed E-state index contributed by atoms with van der Waals surface area (Å²) in [6.45, 7) is 0.395. The van der Waals surface area contributed by atoms with Gasteiger partial charge in [-0.05, 0) is 25.8 Å². The van der Waals surface area contributed by atoms with E-state index in [1.165, 1.54) is 19.0 Å². The summed E-state index contributed by atoms with van der Waals surface area (Å²) in [5, 5.41) is 17.4. The maximum absolute atomic E-state index is 13.5. The predicted octanol–water partition coefficient (Wildman–Crippen LogP) is -2.12. The highest BCUT2D eigenvalue weighted by Gasteiger charge is 2.31. The van der Waals surface area contributed by atoms with Crippen LogP contribution >= 0.6 is 0 Å². The van der Waals surface area contributed by atoms with Gasteiger partial charge in [0.25, 0.3) is 0 Å². The van der Waals surface area contributed by atoms with Crippen LogP contribution in [0.5, 0.6) is 0 Å². The van der Waals surface area contributed by atoms with Gasteiger partial charge in [-0.2, -0.15) is 0 Å². The number of amides is 3. The van der Waals surface area contributed by atoms with E-state index in [4.69, 9.17) is 11.5 Å². The molecule has 3 amide bonds. The lowest BCUT2D eigenvalue weighted by Crippen LogP contribution is -2.58. The van der Waals surface area contributed by atoms with Crippen LogP contribution in [-0.4, -0.2) is 89.4 Å². The molecule has 3 aromatic heterocycles.